The van der Waals surface area contributed by atoms with Gasteiger partial charge in [0.05, 0.1) is 21.6 Å². The smallest absolute Gasteiger partial charge is 0.253 e. The maximum Gasteiger partial charge on any atom is 0.253 e. The molecular formula is C11H13ClN2OS. The highest BCUT2D eigenvalue weighted by Crippen LogP contribution is 2.14. The minimum Gasteiger partial charge on any atom is -0.392 e. The second-order valence-electron chi connectivity index (χ2n) is 3.32. The number of carbonyl (C=O) groups excluding carboxylic acids is 1. The second-order valence-corrected chi connectivity index (χ2v) is 4.20. The van der Waals surface area contributed by atoms with Crippen molar-refractivity contribution in [2.75, 3.05) is 0 Å². The van der Waals surface area contributed by atoms with Gasteiger partial charge in [-0.05, 0) is 18.6 Å². The van der Waals surface area contributed by atoms with Crippen LogP contribution >= 0.6 is 23.8 Å². The van der Waals surface area contributed by atoms with Gasteiger partial charge in [0, 0.05) is 0 Å². The SMILES string of the molecule is CCC(NC(=O)c1ccccc1Cl)C(N)=S. The van der Waals surface area contributed by atoms with E-state index in [4.69, 9.17) is 29.6 Å². The molecule has 0 radical (unpaired) electrons. The maximum atomic E-state index is 11.8. The lowest BCUT2D eigenvalue weighted by atomic mass is 10.1. The summed E-state index contributed by atoms with van der Waals surface area (Å²) in [6.07, 6.45) is 0.658. The normalized spacial score (nSPS) is 11.9. The van der Waals surface area contributed by atoms with Crippen LogP contribution in [0.4, 0.5) is 0 Å². The summed E-state index contributed by atoms with van der Waals surface area (Å²) in [5.74, 6) is -0.259. The third kappa shape index (κ3) is 3.18. The number of nitrogens with one attached hydrogen (secondary N) is 1. The van der Waals surface area contributed by atoms with E-state index < -0.39 is 0 Å². The average molecular weight is 257 g/mol. The molecule has 0 aliphatic carbocycles. The fourth-order valence-electron chi connectivity index (χ4n) is 1.26. The first-order valence-corrected chi connectivity index (χ1v) is 5.69. The number of thiocarbonyl (C=S) groups is 1. The van der Waals surface area contributed by atoms with Gasteiger partial charge in [-0.15, -0.1) is 0 Å². The van der Waals surface area contributed by atoms with Gasteiger partial charge in [0.2, 0.25) is 0 Å². The Bertz CT molecular complexity index is 409. The van der Waals surface area contributed by atoms with E-state index >= 15 is 0 Å². The monoisotopic (exact) mass is 256 g/mol. The molecule has 16 heavy (non-hydrogen) atoms. The number of amides is 1. The van der Waals surface area contributed by atoms with Crippen LogP contribution in [0.5, 0.6) is 0 Å². The Balaban J connectivity index is 2.80. The molecule has 1 unspecified atom stereocenters. The number of halogens is 1. The highest BCUT2D eigenvalue weighted by atomic mass is 35.5. The molecule has 1 amide bonds. The van der Waals surface area contributed by atoms with Gasteiger partial charge < -0.3 is 11.1 Å². The van der Waals surface area contributed by atoms with Crippen LogP contribution in [-0.2, 0) is 0 Å². The van der Waals surface area contributed by atoms with Gasteiger partial charge in [0.15, 0.2) is 0 Å². The molecule has 3 nitrogen and oxygen atoms in total. The van der Waals surface area contributed by atoms with Crippen LogP contribution in [0.1, 0.15) is 23.7 Å². The van der Waals surface area contributed by atoms with E-state index in [-0.39, 0.29) is 16.9 Å². The first kappa shape index (κ1) is 12.9. The van der Waals surface area contributed by atoms with Crippen molar-refractivity contribution in [1.82, 2.24) is 5.32 Å². The van der Waals surface area contributed by atoms with Crippen LogP contribution in [0.15, 0.2) is 24.3 Å². The number of benzene rings is 1. The van der Waals surface area contributed by atoms with Crippen molar-refractivity contribution in [3.8, 4) is 0 Å². The van der Waals surface area contributed by atoms with E-state index in [1.54, 1.807) is 24.3 Å². The summed E-state index contributed by atoms with van der Waals surface area (Å²) >= 11 is 10.7. The lowest BCUT2D eigenvalue weighted by Gasteiger charge is -2.15. The van der Waals surface area contributed by atoms with Gasteiger partial charge in [-0.2, -0.15) is 0 Å². The fraction of sp³-hybridized carbons (Fsp3) is 0.273. The molecule has 5 heteroatoms. The number of rotatable bonds is 4. The molecule has 0 spiro atoms. The summed E-state index contributed by atoms with van der Waals surface area (Å²) < 4.78 is 0. The molecule has 0 saturated heterocycles. The first-order chi connectivity index (χ1) is 7.56. The Morgan fingerprint density at radius 1 is 1.56 bits per heavy atom. The molecule has 1 aromatic rings. The van der Waals surface area contributed by atoms with E-state index in [0.717, 1.165) is 0 Å². The molecule has 0 aliphatic rings. The van der Waals surface area contributed by atoms with Gasteiger partial charge in [-0.1, -0.05) is 42.9 Å². The topological polar surface area (TPSA) is 55.1 Å². The lowest BCUT2D eigenvalue weighted by molar-refractivity contribution is 0.0946. The summed E-state index contributed by atoms with van der Waals surface area (Å²) in [5.41, 5.74) is 5.92. The fourth-order valence-corrected chi connectivity index (χ4v) is 1.70. The summed E-state index contributed by atoms with van der Waals surface area (Å²) in [6, 6.07) is 6.55. The Kier molecular flexibility index (Phi) is 4.71. The number of hydrogen-bond acceptors (Lipinski definition) is 2. The summed E-state index contributed by atoms with van der Waals surface area (Å²) in [4.78, 5) is 12.1. The van der Waals surface area contributed by atoms with Gasteiger partial charge >= 0.3 is 0 Å². The third-order valence-corrected chi connectivity index (χ3v) is 2.79. The maximum absolute atomic E-state index is 11.8. The number of nitrogens with two attached hydrogens (primary N) is 1. The third-order valence-electron chi connectivity index (χ3n) is 2.18. The Morgan fingerprint density at radius 2 is 2.19 bits per heavy atom. The van der Waals surface area contributed by atoms with Crippen molar-refractivity contribution in [1.29, 1.82) is 0 Å². The molecule has 0 aromatic heterocycles. The van der Waals surface area contributed by atoms with E-state index in [1.807, 2.05) is 6.92 Å². The van der Waals surface area contributed by atoms with Crippen molar-refractivity contribution in [2.45, 2.75) is 19.4 Å². The molecule has 0 heterocycles. The standard InChI is InChI=1S/C11H13ClN2OS/c1-2-9(10(13)16)14-11(15)7-5-3-4-6-8(7)12/h3-6,9H,2H2,1H3,(H2,13,16)(H,14,15). The van der Waals surface area contributed by atoms with Gasteiger partial charge in [0.25, 0.3) is 5.91 Å². The summed E-state index contributed by atoms with van der Waals surface area (Å²) in [6.45, 7) is 1.90. The predicted octanol–water partition coefficient (Wildman–Crippen LogP) is 2.13. The van der Waals surface area contributed by atoms with E-state index in [2.05, 4.69) is 5.32 Å². The lowest BCUT2D eigenvalue weighted by Crippen LogP contribution is -2.43. The molecule has 3 N–H and O–H groups in total. The highest BCUT2D eigenvalue weighted by Gasteiger charge is 2.15. The van der Waals surface area contributed by atoms with E-state index in [1.165, 1.54) is 0 Å². The van der Waals surface area contributed by atoms with Gasteiger partial charge in [0.1, 0.15) is 0 Å². The van der Waals surface area contributed by atoms with Crippen molar-refractivity contribution < 1.29 is 4.79 Å². The quantitative estimate of drug-likeness (QED) is 0.812. The van der Waals surface area contributed by atoms with Crippen molar-refractivity contribution in [3.63, 3.8) is 0 Å². The largest absolute Gasteiger partial charge is 0.392 e. The van der Waals surface area contributed by atoms with E-state index in [0.29, 0.717) is 17.0 Å². The molecule has 0 bridgehead atoms. The van der Waals surface area contributed by atoms with Crippen molar-refractivity contribution in [3.05, 3.63) is 34.9 Å². The Hall–Kier alpha value is -1.13. The molecule has 86 valence electrons. The van der Waals surface area contributed by atoms with Crippen LogP contribution in [-0.4, -0.2) is 16.9 Å². The zero-order chi connectivity index (χ0) is 12.1. The van der Waals surface area contributed by atoms with Gasteiger partial charge in [-0.3, -0.25) is 4.79 Å². The molecule has 1 atom stereocenters. The minimum absolute atomic E-state index is 0.259. The molecule has 1 rings (SSSR count). The molecular weight excluding hydrogens is 244 g/mol. The van der Waals surface area contributed by atoms with Crippen LogP contribution in [0.25, 0.3) is 0 Å². The van der Waals surface area contributed by atoms with Crippen LogP contribution in [0.3, 0.4) is 0 Å². The molecule has 0 saturated carbocycles. The molecule has 0 fully saturated rings. The summed E-state index contributed by atoms with van der Waals surface area (Å²) in [7, 11) is 0. The molecule has 0 aliphatic heterocycles. The van der Waals surface area contributed by atoms with Crippen molar-refractivity contribution in [2.24, 2.45) is 5.73 Å². The second kappa shape index (κ2) is 5.82. The zero-order valence-corrected chi connectivity index (χ0v) is 10.4. The Labute approximate surface area is 105 Å². The average Bonchev–Trinajstić information content (AvgIpc) is 2.25. The van der Waals surface area contributed by atoms with Gasteiger partial charge in [-0.25, -0.2) is 0 Å². The van der Waals surface area contributed by atoms with Crippen LogP contribution in [0, 0.1) is 0 Å². The minimum atomic E-state index is -0.293. The Morgan fingerprint density at radius 3 is 2.69 bits per heavy atom. The van der Waals surface area contributed by atoms with E-state index in [9.17, 15) is 4.79 Å². The number of hydrogen-bond donors (Lipinski definition) is 2. The predicted molar refractivity (Wildman–Crippen MR) is 69.8 cm³/mol. The number of carbonyl (C=O) groups is 1. The molecule has 1 aromatic carbocycles. The zero-order valence-electron chi connectivity index (χ0n) is 8.87. The first-order valence-electron chi connectivity index (χ1n) is 4.91. The van der Waals surface area contributed by atoms with Crippen LogP contribution in [0.2, 0.25) is 5.02 Å². The van der Waals surface area contributed by atoms with Crippen LogP contribution < -0.4 is 11.1 Å². The van der Waals surface area contributed by atoms with Crippen molar-refractivity contribution >= 4 is 34.7 Å². The highest BCUT2D eigenvalue weighted by molar-refractivity contribution is 7.80. The summed E-state index contributed by atoms with van der Waals surface area (Å²) in [5, 5.41) is 3.15.